The van der Waals surface area contributed by atoms with Crippen molar-refractivity contribution in [1.29, 1.82) is 0 Å². The first-order valence-electron chi connectivity index (χ1n) is 3.90. The molecule has 0 spiro atoms. The van der Waals surface area contributed by atoms with Gasteiger partial charge in [-0.3, -0.25) is 4.79 Å². The van der Waals surface area contributed by atoms with Gasteiger partial charge in [0, 0.05) is 12.2 Å². The first kappa shape index (κ1) is 7.16. The molecule has 1 amide bonds. The highest BCUT2D eigenvalue weighted by Crippen LogP contribution is 2.16. The van der Waals surface area contributed by atoms with E-state index in [0.717, 1.165) is 16.8 Å². The van der Waals surface area contributed by atoms with Crippen molar-refractivity contribution >= 4 is 11.6 Å². The minimum atomic E-state index is 0.0901. The quantitative estimate of drug-likeness (QED) is 0.544. The van der Waals surface area contributed by atoms with Crippen molar-refractivity contribution in [3.63, 3.8) is 0 Å². The molecule has 1 heterocycles. The van der Waals surface area contributed by atoms with Crippen LogP contribution < -0.4 is 11.1 Å². The Morgan fingerprint density at radius 1 is 1.33 bits per heavy atom. The van der Waals surface area contributed by atoms with Crippen LogP contribution in [0.1, 0.15) is 11.1 Å². The Bertz CT molecular complexity index is 333. The number of hydrogen-bond acceptors (Lipinski definition) is 2. The van der Waals surface area contributed by atoms with Crippen LogP contribution in [0.3, 0.4) is 0 Å². The molecule has 1 aromatic rings. The number of rotatable bonds is 0. The Kier molecular flexibility index (Phi) is 1.50. The van der Waals surface area contributed by atoms with Crippen LogP contribution in [0.4, 0.5) is 5.69 Å². The summed E-state index contributed by atoms with van der Waals surface area (Å²) in [5, 5.41) is 2.77. The van der Waals surface area contributed by atoms with Crippen molar-refractivity contribution in [3.05, 3.63) is 29.3 Å². The molecule has 62 valence electrons. The van der Waals surface area contributed by atoms with Gasteiger partial charge in [-0.2, -0.15) is 0 Å². The van der Waals surface area contributed by atoms with E-state index in [4.69, 9.17) is 5.73 Å². The maximum Gasteiger partial charge on any atom is 0.224 e. The summed E-state index contributed by atoms with van der Waals surface area (Å²) in [4.78, 5) is 11.0. The molecule has 1 aliphatic heterocycles. The van der Waals surface area contributed by atoms with Gasteiger partial charge in [-0.1, -0.05) is 6.07 Å². The summed E-state index contributed by atoms with van der Waals surface area (Å²) in [6, 6.07) is 5.66. The van der Waals surface area contributed by atoms with Crippen LogP contribution in [0.15, 0.2) is 18.2 Å². The molecule has 1 aliphatic rings. The van der Waals surface area contributed by atoms with E-state index in [0.29, 0.717) is 13.0 Å². The number of nitrogen functional groups attached to an aromatic ring is 1. The molecule has 0 aromatic heterocycles. The lowest BCUT2D eigenvalue weighted by Crippen LogP contribution is -2.30. The largest absolute Gasteiger partial charge is 0.399 e. The smallest absolute Gasteiger partial charge is 0.224 e. The number of nitrogens with one attached hydrogen (secondary N) is 1. The van der Waals surface area contributed by atoms with Gasteiger partial charge >= 0.3 is 0 Å². The Hall–Kier alpha value is -1.51. The molecule has 3 nitrogen and oxygen atoms in total. The van der Waals surface area contributed by atoms with E-state index in [-0.39, 0.29) is 5.91 Å². The van der Waals surface area contributed by atoms with Gasteiger partial charge < -0.3 is 11.1 Å². The van der Waals surface area contributed by atoms with E-state index < -0.39 is 0 Å². The van der Waals surface area contributed by atoms with Crippen LogP contribution in [0.2, 0.25) is 0 Å². The van der Waals surface area contributed by atoms with E-state index in [2.05, 4.69) is 5.32 Å². The summed E-state index contributed by atoms with van der Waals surface area (Å²) in [5.74, 6) is 0.0901. The number of fused-ring (bicyclic) bond motifs is 1. The fourth-order valence-corrected chi connectivity index (χ4v) is 1.41. The van der Waals surface area contributed by atoms with Gasteiger partial charge in [0.2, 0.25) is 5.91 Å². The summed E-state index contributed by atoms with van der Waals surface area (Å²) < 4.78 is 0. The van der Waals surface area contributed by atoms with E-state index in [1.165, 1.54) is 0 Å². The van der Waals surface area contributed by atoms with Gasteiger partial charge in [0.05, 0.1) is 6.42 Å². The normalized spacial score (nSPS) is 15.2. The van der Waals surface area contributed by atoms with Crippen molar-refractivity contribution < 1.29 is 4.79 Å². The van der Waals surface area contributed by atoms with Gasteiger partial charge in [-0.05, 0) is 23.3 Å². The molecule has 0 aliphatic carbocycles. The number of amides is 1. The zero-order valence-corrected chi connectivity index (χ0v) is 6.63. The van der Waals surface area contributed by atoms with E-state index >= 15 is 0 Å². The molecule has 3 N–H and O–H groups in total. The van der Waals surface area contributed by atoms with Crippen LogP contribution in [0, 0.1) is 0 Å². The molecular weight excluding hydrogens is 152 g/mol. The first-order chi connectivity index (χ1) is 5.75. The first-order valence-corrected chi connectivity index (χ1v) is 3.90. The summed E-state index contributed by atoms with van der Waals surface area (Å²) >= 11 is 0. The Morgan fingerprint density at radius 3 is 3.00 bits per heavy atom. The summed E-state index contributed by atoms with van der Waals surface area (Å²) in [7, 11) is 0. The molecule has 0 bridgehead atoms. The van der Waals surface area contributed by atoms with E-state index in [1.54, 1.807) is 0 Å². The minimum Gasteiger partial charge on any atom is -0.399 e. The average Bonchev–Trinajstić information content (AvgIpc) is 2.05. The topological polar surface area (TPSA) is 55.1 Å². The van der Waals surface area contributed by atoms with Crippen LogP contribution in [-0.2, 0) is 17.8 Å². The van der Waals surface area contributed by atoms with Gasteiger partial charge in [-0.25, -0.2) is 0 Å². The number of anilines is 1. The van der Waals surface area contributed by atoms with E-state index in [9.17, 15) is 4.79 Å². The van der Waals surface area contributed by atoms with Crippen LogP contribution >= 0.6 is 0 Å². The number of benzene rings is 1. The summed E-state index contributed by atoms with van der Waals surface area (Å²) in [5.41, 5.74) is 8.58. The lowest BCUT2D eigenvalue weighted by molar-refractivity contribution is -0.121. The maximum absolute atomic E-state index is 11.0. The zero-order valence-electron chi connectivity index (χ0n) is 6.63. The SMILES string of the molecule is Nc1ccc2c(c1)CNC(=O)C2. The molecule has 0 fully saturated rings. The fourth-order valence-electron chi connectivity index (χ4n) is 1.41. The molecule has 12 heavy (non-hydrogen) atoms. The molecular formula is C9H10N2O. The van der Waals surface area contributed by atoms with Crippen LogP contribution in [-0.4, -0.2) is 5.91 Å². The standard InChI is InChI=1S/C9H10N2O/c10-8-2-1-6-4-9(12)11-5-7(6)3-8/h1-3H,4-5,10H2,(H,11,12). The molecule has 1 aromatic carbocycles. The van der Waals surface area contributed by atoms with Gasteiger partial charge in [0.15, 0.2) is 0 Å². The van der Waals surface area contributed by atoms with Gasteiger partial charge in [0.25, 0.3) is 0 Å². The second-order valence-electron chi connectivity index (χ2n) is 2.98. The second kappa shape index (κ2) is 2.52. The van der Waals surface area contributed by atoms with Gasteiger partial charge in [0.1, 0.15) is 0 Å². The average molecular weight is 162 g/mol. The molecule has 3 heteroatoms. The molecule has 0 radical (unpaired) electrons. The van der Waals surface area contributed by atoms with Crippen molar-refractivity contribution in [2.45, 2.75) is 13.0 Å². The van der Waals surface area contributed by atoms with Crippen molar-refractivity contribution in [3.8, 4) is 0 Å². The highest BCUT2D eigenvalue weighted by Gasteiger charge is 2.13. The Balaban J connectivity index is 2.43. The monoisotopic (exact) mass is 162 g/mol. The zero-order chi connectivity index (χ0) is 8.55. The number of hydrogen-bond donors (Lipinski definition) is 2. The predicted octanol–water partition coefficient (Wildman–Crippen LogP) is 0.441. The van der Waals surface area contributed by atoms with E-state index in [1.807, 2.05) is 18.2 Å². The van der Waals surface area contributed by atoms with Crippen molar-refractivity contribution in [2.24, 2.45) is 0 Å². The maximum atomic E-state index is 11.0. The highest BCUT2D eigenvalue weighted by molar-refractivity contribution is 5.80. The van der Waals surface area contributed by atoms with Crippen LogP contribution in [0.25, 0.3) is 0 Å². The Labute approximate surface area is 70.6 Å². The Morgan fingerprint density at radius 2 is 2.17 bits per heavy atom. The highest BCUT2D eigenvalue weighted by atomic mass is 16.1. The third kappa shape index (κ3) is 1.13. The number of nitrogens with two attached hydrogens (primary N) is 1. The summed E-state index contributed by atoms with van der Waals surface area (Å²) in [6.45, 7) is 0.610. The predicted molar refractivity (Wildman–Crippen MR) is 46.4 cm³/mol. The minimum absolute atomic E-state index is 0.0901. The lowest BCUT2D eigenvalue weighted by Gasteiger charge is -2.16. The fraction of sp³-hybridized carbons (Fsp3) is 0.222. The molecule has 0 atom stereocenters. The summed E-state index contributed by atoms with van der Waals surface area (Å²) in [6.07, 6.45) is 0.482. The lowest BCUT2D eigenvalue weighted by atomic mass is 10.0. The third-order valence-corrected chi connectivity index (χ3v) is 2.06. The number of carbonyl (C=O) groups excluding carboxylic acids is 1. The molecule has 2 rings (SSSR count). The second-order valence-corrected chi connectivity index (χ2v) is 2.98. The van der Waals surface area contributed by atoms with Crippen molar-refractivity contribution in [1.82, 2.24) is 5.32 Å². The van der Waals surface area contributed by atoms with Crippen LogP contribution in [0.5, 0.6) is 0 Å². The molecule has 0 unspecified atom stereocenters. The molecule has 0 saturated carbocycles. The number of carbonyl (C=O) groups is 1. The molecule has 0 saturated heterocycles. The third-order valence-electron chi connectivity index (χ3n) is 2.06. The van der Waals surface area contributed by atoms with Crippen molar-refractivity contribution in [2.75, 3.05) is 5.73 Å². The van der Waals surface area contributed by atoms with Gasteiger partial charge in [-0.15, -0.1) is 0 Å².